The van der Waals surface area contributed by atoms with Crippen molar-refractivity contribution in [1.29, 1.82) is 0 Å². The average Bonchev–Trinajstić information content (AvgIpc) is 3.20. The fourth-order valence-corrected chi connectivity index (χ4v) is 3.73. The van der Waals surface area contributed by atoms with Crippen molar-refractivity contribution in [3.05, 3.63) is 59.1 Å². The number of methoxy groups -OCH3 is 1. The molecule has 0 aliphatic carbocycles. The minimum Gasteiger partial charge on any atom is -0.497 e. The van der Waals surface area contributed by atoms with E-state index in [1.165, 1.54) is 17.7 Å². The second-order valence-electron chi connectivity index (χ2n) is 7.06. The van der Waals surface area contributed by atoms with Crippen LogP contribution in [-0.2, 0) is 6.42 Å². The molecule has 29 heavy (non-hydrogen) atoms. The largest absolute Gasteiger partial charge is 0.497 e. The number of hydrogen-bond donors (Lipinski definition) is 2. The number of hydrogen-bond acceptors (Lipinski definition) is 3. The zero-order valence-electron chi connectivity index (χ0n) is 17.0. The van der Waals surface area contributed by atoms with Gasteiger partial charge in [-0.1, -0.05) is 29.8 Å². The van der Waals surface area contributed by atoms with Crippen LogP contribution in [0.15, 0.2) is 53.5 Å². The maximum Gasteiger partial charge on any atom is 0.190 e. The predicted molar refractivity (Wildman–Crippen MR) is 133 cm³/mol. The Morgan fingerprint density at radius 1 is 1.21 bits per heavy atom. The van der Waals surface area contributed by atoms with Gasteiger partial charge in [-0.25, -0.2) is 0 Å². The van der Waals surface area contributed by atoms with E-state index in [-0.39, 0.29) is 24.0 Å². The molecule has 1 unspecified atom stereocenters. The zero-order valence-corrected chi connectivity index (χ0v) is 20.1. The molecule has 158 valence electrons. The van der Waals surface area contributed by atoms with Crippen LogP contribution in [0.3, 0.4) is 0 Å². The van der Waals surface area contributed by atoms with Crippen LogP contribution in [0.1, 0.15) is 12.0 Å². The first kappa shape index (κ1) is 23.6. The van der Waals surface area contributed by atoms with E-state index >= 15 is 0 Å². The monoisotopic (exact) mass is 528 g/mol. The van der Waals surface area contributed by atoms with Crippen molar-refractivity contribution in [2.45, 2.75) is 12.8 Å². The van der Waals surface area contributed by atoms with Crippen LogP contribution in [0, 0.1) is 5.92 Å². The highest BCUT2D eigenvalue weighted by molar-refractivity contribution is 14.0. The van der Waals surface area contributed by atoms with Crippen molar-refractivity contribution in [1.82, 2.24) is 10.6 Å². The highest BCUT2D eigenvalue weighted by atomic mass is 127. The highest BCUT2D eigenvalue weighted by Gasteiger charge is 2.23. The quantitative estimate of drug-likeness (QED) is 0.321. The lowest BCUT2D eigenvalue weighted by molar-refractivity contribution is 0.415. The topological polar surface area (TPSA) is 48.9 Å². The minimum atomic E-state index is 0. The molecule has 5 nitrogen and oxygen atoms in total. The summed E-state index contributed by atoms with van der Waals surface area (Å²) in [5.74, 6) is 2.35. The first-order chi connectivity index (χ1) is 13.7. The van der Waals surface area contributed by atoms with Crippen molar-refractivity contribution in [3.63, 3.8) is 0 Å². The molecule has 2 N–H and O–H groups in total. The molecule has 1 fully saturated rings. The van der Waals surface area contributed by atoms with Gasteiger partial charge in [-0.2, -0.15) is 0 Å². The summed E-state index contributed by atoms with van der Waals surface area (Å²) in [6.45, 7) is 3.85. The second-order valence-corrected chi connectivity index (χ2v) is 7.50. The molecular weight excluding hydrogens is 499 g/mol. The molecule has 1 saturated heterocycles. The van der Waals surface area contributed by atoms with E-state index in [0.717, 1.165) is 49.3 Å². The van der Waals surface area contributed by atoms with Gasteiger partial charge < -0.3 is 20.3 Å². The number of anilines is 1. The third kappa shape index (κ3) is 7.26. The molecule has 0 radical (unpaired) electrons. The summed E-state index contributed by atoms with van der Waals surface area (Å²) >= 11 is 6.04. The number of guanidine groups is 1. The zero-order chi connectivity index (χ0) is 19.8. The summed E-state index contributed by atoms with van der Waals surface area (Å²) in [6, 6.07) is 16.3. The first-order valence-electron chi connectivity index (χ1n) is 9.76. The summed E-state index contributed by atoms with van der Waals surface area (Å²) in [4.78, 5) is 6.76. The van der Waals surface area contributed by atoms with E-state index in [9.17, 15) is 0 Å². The number of rotatable bonds is 7. The van der Waals surface area contributed by atoms with Crippen molar-refractivity contribution < 1.29 is 4.74 Å². The van der Waals surface area contributed by atoms with Crippen molar-refractivity contribution >= 4 is 47.2 Å². The Kier molecular flexibility index (Phi) is 9.87. The molecule has 1 atom stereocenters. The molecule has 3 rings (SSSR count). The molecular formula is C22H30ClIN4O. The van der Waals surface area contributed by atoms with Crippen LogP contribution >= 0.6 is 35.6 Å². The fourth-order valence-electron chi connectivity index (χ4n) is 3.52. The molecule has 2 aromatic carbocycles. The van der Waals surface area contributed by atoms with E-state index in [2.05, 4.69) is 38.7 Å². The molecule has 0 bridgehead atoms. The predicted octanol–water partition coefficient (Wildman–Crippen LogP) is 4.20. The Hall–Kier alpha value is -1.67. The van der Waals surface area contributed by atoms with E-state index < -0.39 is 0 Å². The molecule has 0 spiro atoms. The average molecular weight is 529 g/mol. The smallest absolute Gasteiger partial charge is 0.190 e. The molecule has 1 aliphatic rings. The molecule has 0 aromatic heterocycles. The Bertz CT molecular complexity index is 802. The standard InChI is InChI=1S/C22H29ClN4O.HI/c1-24-22(25-11-9-17-5-3-6-19(23)13-17)26-15-18-10-12-27(16-18)20-7-4-8-21(14-20)28-2;/h3-8,13-14,18H,9-12,15-16H2,1-2H3,(H2,24,25,26);1H. The third-order valence-electron chi connectivity index (χ3n) is 5.08. The molecule has 0 saturated carbocycles. The Balaban J connectivity index is 0.00000300. The SMILES string of the molecule is CN=C(NCCc1cccc(Cl)c1)NCC1CCN(c2cccc(OC)c2)C1.I. The van der Waals surface area contributed by atoms with Crippen LogP contribution in [-0.4, -0.2) is 46.3 Å². The summed E-state index contributed by atoms with van der Waals surface area (Å²) in [7, 11) is 3.52. The summed E-state index contributed by atoms with van der Waals surface area (Å²) < 4.78 is 5.34. The van der Waals surface area contributed by atoms with Gasteiger partial charge >= 0.3 is 0 Å². The highest BCUT2D eigenvalue weighted by Crippen LogP contribution is 2.26. The lowest BCUT2D eigenvalue weighted by Crippen LogP contribution is -2.41. The van der Waals surface area contributed by atoms with Crippen LogP contribution in [0.2, 0.25) is 5.02 Å². The van der Waals surface area contributed by atoms with E-state index in [1.54, 1.807) is 7.11 Å². The minimum absolute atomic E-state index is 0. The van der Waals surface area contributed by atoms with Gasteiger partial charge in [-0.3, -0.25) is 4.99 Å². The van der Waals surface area contributed by atoms with Gasteiger partial charge in [0.15, 0.2) is 5.96 Å². The number of nitrogens with one attached hydrogen (secondary N) is 2. The van der Waals surface area contributed by atoms with Gasteiger partial charge in [-0.15, -0.1) is 24.0 Å². The van der Waals surface area contributed by atoms with Gasteiger partial charge in [0.25, 0.3) is 0 Å². The Morgan fingerprint density at radius 2 is 2.03 bits per heavy atom. The summed E-state index contributed by atoms with van der Waals surface area (Å²) in [6.07, 6.45) is 2.08. The van der Waals surface area contributed by atoms with Crippen molar-refractivity contribution in [2.75, 3.05) is 45.2 Å². The van der Waals surface area contributed by atoms with Gasteiger partial charge in [0.1, 0.15) is 5.75 Å². The molecule has 0 amide bonds. The van der Waals surface area contributed by atoms with Crippen LogP contribution in [0.5, 0.6) is 5.75 Å². The number of nitrogens with zero attached hydrogens (tertiary/aromatic N) is 2. The number of benzene rings is 2. The number of aliphatic imine (C=N–C) groups is 1. The van der Waals surface area contributed by atoms with Gasteiger partial charge in [-0.05, 0) is 48.6 Å². The lowest BCUT2D eigenvalue weighted by atomic mass is 10.1. The maximum atomic E-state index is 6.04. The third-order valence-corrected chi connectivity index (χ3v) is 5.32. The summed E-state index contributed by atoms with van der Waals surface area (Å²) in [5, 5.41) is 7.63. The molecule has 1 aliphatic heterocycles. The Labute approximate surface area is 195 Å². The number of ether oxygens (including phenoxy) is 1. The van der Waals surface area contributed by atoms with E-state index in [4.69, 9.17) is 16.3 Å². The van der Waals surface area contributed by atoms with Crippen LogP contribution < -0.4 is 20.3 Å². The Morgan fingerprint density at radius 3 is 2.79 bits per heavy atom. The first-order valence-corrected chi connectivity index (χ1v) is 10.1. The van der Waals surface area contributed by atoms with Gasteiger partial charge in [0.2, 0.25) is 0 Å². The van der Waals surface area contributed by atoms with Crippen molar-refractivity contribution in [3.8, 4) is 5.75 Å². The second kappa shape index (κ2) is 12.1. The van der Waals surface area contributed by atoms with Crippen molar-refractivity contribution in [2.24, 2.45) is 10.9 Å². The van der Waals surface area contributed by atoms with E-state index in [1.807, 2.05) is 37.4 Å². The normalized spacial score (nSPS) is 16.3. The fraction of sp³-hybridized carbons (Fsp3) is 0.409. The van der Waals surface area contributed by atoms with Crippen LogP contribution in [0.4, 0.5) is 5.69 Å². The number of halogens is 2. The lowest BCUT2D eigenvalue weighted by Gasteiger charge is -2.20. The molecule has 2 aromatic rings. The van der Waals surface area contributed by atoms with Gasteiger partial charge in [0.05, 0.1) is 7.11 Å². The van der Waals surface area contributed by atoms with Gasteiger partial charge in [0, 0.05) is 50.0 Å². The van der Waals surface area contributed by atoms with Crippen LogP contribution in [0.25, 0.3) is 0 Å². The maximum absolute atomic E-state index is 6.04. The molecule has 1 heterocycles. The molecule has 7 heteroatoms. The van der Waals surface area contributed by atoms with E-state index in [0.29, 0.717) is 5.92 Å². The summed E-state index contributed by atoms with van der Waals surface area (Å²) in [5.41, 5.74) is 2.45.